The van der Waals surface area contributed by atoms with Gasteiger partial charge in [-0.2, -0.15) is 8.42 Å². The van der Waals surface area contributed by atoms with Crippen LogP contribution in [-0.2, 0) is 15.2 Å². The zero-order chi connectivity index (χ0) is 21.8. The fourth-order valence-corrected chi connectivity index (χ4v) is 3.00. The summed E-state index contributed by atoms with van der Waals surface area (Å²) in [6.45, 7) is 6.28. The summed E-state index contributed by atoms with van der Waals surface area (Å²) in [6.07, 6.45) is 20.9. The summed E-state index contributed by atoms with van der Waals surface area (Å²) in [5.74, 6) is -0.540. The first kappa shape index (κ1) is 33.7. The maximum Gasteiger partial charge on any atom is 1.00 e. The Morgan fingerprint density at radius 2 is 1.24 bits per heavy atom. The van der Waals surface area contributed by atoms with E-state index >= 15 is 0 Å². The number of hydrogen-bond acceptors (Lipinski definition) is 3. The van der Waals surface area contributed by atoms with Crippen molar-refractivity contribution in [1.29, 1.82) is 0 Å². The fraction of sp³-hybridized carbons (Fsp3) is 0.857. The van der Waals surface area contributed by atoms with E-state index in [9.17, 15) is 4.79 Å². The quantitative estimate of drug-likeness (QED) is 0.145. The van der Waals surface area contributed by atoms with E-state index in [-0.39, 0.29) is 42.8 Å². The SMILES string of the molecule is CCCCCCCCC=CCCCCCCC(C(=O)O)C(C)C.O=S(=O)(O)O.[H-].[Na+]. The van der Waals surface area contributed by atoms with E-state index in [0.717, 1.165) is 12.8 Å². The van der Waals surface area contributed by atoms with Crippen LogP contribution in [0, 0.1) is 11.8 Å². The molecule has 0 amide bonds. The summed E-state index contributed by atoms with van der Waals surface area (Å²) < 4.78 is 31.6. The molecular formula is C21H43NaO6S. The molecule has 0 radical (unpaired) electrons. The minimum Gasteiger partial charge on any atom is -1.00 e. The van der Waals surface area contributed by atoms with Crippen molar-refractivity contribution in [3.8, 4) is 0 Å². The summed E-state index contributed by atoms with van der Waals surface area (Å²) >= 11 is 0. The van der Waals surface area contributed by atoms with Crippen LogP contribution in [0.15, 0.2) is 12.2 Å². The second kappa shape index (κ2) is 22.8. The summed E-state index contributed by atoms with van der Waals surface area (Å²) in [5, 5.41) is 9.14. The van der Waals surface area contributed by atoms with E-state index in [2.05, 4.69) is 19.1 Å². The molecule has 0 aliphatic rings. The molecule has 0 aliphatic carbocycles. The third-order valence-electron chi connectivity index (χ3n) is 4.65. The van der Waals surface area contributed by atoms with Gasteiger partial charge in [0.1, 0.15) is 0 Å². The van der Waals surface area contributed by atoms with Gasteiger partial charge in [-0.05, 0) is 38.0 Å². The first-order chi connectivity index (χ1) is 13.1. The Balaban J connectivity index is -0.000000429. The standard InChI is InChI=1S/C21H40O2.Na.H2O4S.H/c1-4-5-6-7-8-9-10-11-12-13-14-15-16-17-18-20(19(2)3)21(22)23;;1-5(2,3)4;/h11-12,19-20H,4-10,13-18H2,1-3H3,(H,22,23);;(H2,1,2,3,4);/q;+1;;-1. The molecule has 6 nitrogen and oxygen atoms in total. The predicted molar refractivity (Wildman–Crippen MR) is 116 cm³/mol. The maximum absolute atomic E-state index is 11.1. The van der Waals surface area contributed by atoms with Crippen LogP contribution >= 0.6 is 0 Å². The Bertz CT molecular complexity index is 490. The molecule has 0 fully saturated rings. The van der Waals surface area contributed by atoms with E-state index in [1.807, 2.05) is 13.8 Å². The molecule has 1 unspecified atom stereocenters. The van der Waals surface area contributed by atoms with E-state index in [4.69, 9.17) is 22.6 Å². The summed E-state index contributed by atoms with van der Waals surface area (Å²) in [7, 11) is -4.67. The van der Waals surface area contributed by atoms with Gasteiger partial charge in [0.05, 0.1) is 5.92 Å². The minimum absolute atomic E-state index is 0. The molecule has 1 atom stereocenters. The number of hydrogen-bond donors (Lipinski definition) is 3. The molecule has 0 aliphatic heterocycles. The molecule has 0 bridgehead atoms. The Kier molecular flexibility index (Phi) is 26.5. The molecule has 0 spiro atoms. The van der Waals surface area contributed by atoms with Gasteiger partial charge >= 0.3 is 45.9 Å². The normalized spacial score (nSPS) is 12.3. The van der Waals surface area contributed by atoms with Crippen molar-refractivity contribution < 1.29 is 58.4 Å². The van der Waals surface area contributed by atoms with Gasteiger partial charge in [0, 0.05) is 0 Å². The van der Waals surface area contributed by atoms with Gasteiger partial charge in [-0.15, -0.1) is 0 Å². The molecule has 3 N–H and O–H groups in total. The van der Waals surface area contributed by atoms with Crippen molar-refractivity contribution >= 4 is 16.4 Å². The van der Waals surface area contributed by atoms with Crippen LogP contribution in [0.3, 0.4) is 0 Å². The average Bonchev–Trinajstić information content (AvgIpc) is 2.56. The van der Waals surface area contributed by atoms with Crippen LogP contribution < -0.4 is 29.6 Å². The Morgan fingerprint density at radius 3 is 1.62 bits per heavy atom. The van der Waals surface area contributed by atoms with Crippen molar-refractivity contribution in [3.05, 3.63) is 12.2 Å². The van der Waals surface area contributed by atoms with Crippen LogP contribution in [0.2, 0.25) is 0 Å². The van der Waals surface area contributed by atoms with Gasteiger partial charge in [0.25, 0.3) is 0 Å². The number of rotatable bonds is 16. The van der Waals surface area contributed by atoms with Crippen molar-refractivity contribution in [2.75, 3.05) is 0 Å². The van der Waals surface area contributed by atoms with Crippen LogP contribution in [0.5, 0.6) is 0 Å². The molecule has 0 saturated carbocycles. The second-order valence-corrected chi connectivity index (χ2v) is 8.55. The third kappa shape index (κ3) is 32.9. The molecule has 29 heavy (non-hydrogen) atoms. The van der Waals surface area contributed by atoms with Crippen LogP contribution in [0.1, 0.15) is 106 Å². The number of unbranched alkanes of at least 4 members (excludes halogenated alkanes) is 10. The molecular weight excluding hydrogens is 403 g/mol. The van der Waals surface area contributed by atoms with Gasteiger partial charge in [0.15, 0.2) is 0 Å². The molecule has 0 rings (SSSR count). The number of aliphatic carboxylic acids is 1. The van der Waals surface area contributed by atoms with Gasteiger partial charge in [0.2, 0.25) is 0 Å². The minimum atomic E-state index is -4.67. The smallest absolute Gasteiger partial charge is 1.00 e. The largest absolute Gasteiger partial charge is 1.00 e. The van der Waals surface area contributed by atoms with Crippen molar-refractivity contribution in [2.24, 2.45) is 11.8 Å². The molecule has 0 heterocycles. The molecule has 0 aromatic carbocycles. The third-order valence-corrected chi connectivity index (χ3v) is 4.65. The zero-order valence-electron chi connectivity index (χ0n) is 20.0. The van der Waals surface area contributed by atoms with Crippen molar-refractivity contribution in [2.45, 2.75) is 104 Å². The van der Waals surface area contributed by atoms with E-state index in [0.29, 0.717) is 0 Å². The number of carboxylic acids is 1. The fourth-order valence-electron chi connectivity index (χ4n) is 3.00. The van der Waals surface area contributed by atoms with Gasteiger partial charge < -0.3 is 6.53 Å². The topological polar surface area (TPSA) is 112 Å². The number of carbonyl (C=O) groups is 1. The molecule has 0 aromatic rings. The number of carboxylic acid groups (broad SMARTS) is 1. The summed E-state index contributed by atoms with van der Waals surface area (Å²) in [6, 6.07) is 0. The number of allylic oxidation sites excluding steroid dienone is 2. The van der Waals surface area contributed by atoms with Gasteiger partial charge in [-0.25, -0.2) is 0 Å². The first-order valence-electron chi connectivity index (χ1n) is 10.7. The summed E-state index contributed by atoms with van der Waals surface area (Å²) in [5.41, 5.74) is 0. The Labute approximate surface area is 202 Å². The Hall–Kier alpha value is 0.0800. The van der Waals surface area contributed by atoms with Crippen molar-refractivity contribution in [1.82, 2.24) is 0 Å². The first-order valence-corrected chi connectivity index (χ1v) is 12.1. The van der Waals surface area contributed by atoms with Crippen LogP contribution in [0.25, 0.3) is 0 Å². The van der Waals surface area contributed by atoms with Gasteiger partial charge in [-0.3, -0.25) is 13.9 Å². The van der Waals surface area contributed by atoms with E-state index < -0.39 is 16.4 Å². The molecule has 170 valence electrons. The van der Waals surface area contributed by atoms with E-state index in [1.54, 1.807) is 0 Å². The summed E-state index contributed by atoms with van der Waals surface area (Å²) in [4.78, 5) is 11.1. The second-order valence-electron chi connectivity index (χ2n) is 7.66. The molecule has 8 heteroatoms. The van der Waals surface area contributed by atoms with E-state index in [1.165, 1.54) is 70.6 Å². The monoisotopic (exact) mass is 446 g/mol. The Morgan fingerprint density at radius 1 is 0.862 bits per heavy atom. The molecule has 0 aromatic heterocycles. The van der Waals surface area contributed by atoms with Crippen molar-refractivity contribution in [3.63, 3.8) is 0 Å². The average molecular weight is 447 g/mol. The molecule has 0 saturated heterocycles. The van der Waals surface area contributed by atoms with Gasteiger partial charge in [-0.1, -0.05) is 84.3 Å². The maximum atomic E-state index is 11.1. The van der Waals surface area contributed by atoms with Crippen LogP contribution in [-0.4, -0.2) is 28.6 Å². The predicted octanol–water partition coefficient (Wildman–Crippen LogP) is 3.45. The van der Waals surface area contributed by atoms with Crippen LogP contribution in [0.4, 0.5) is 0 Å². The zero-order valence-corrected chi connectivity index (χ0v) is 21.8.